The highest BCUT2D eigenvalue weighted by Gasteiger charge is 2.04. The predicted octanol–water partition coefficient (Wildman–Crippen LogP) is 2.56. The molecule has 0 N–H and O–H groups in total. The normalized spacial score (nSPS) is 10.8. The van der Waals surface area contributed by atoms with Gasteiger partial charge >= 0.3 is 0 Å². The lowest BCUT2D eigenvalue weighted by Crippen LogP contribution is -1.91. The highest BCUT2D eigenvalue weighted by molar-refractivity contribution is 5.77. The van der Waals surface area contributed by atoms with E-state index in [1.165, 1.54) is 12.1 Å². The molecule has 0 aliphatic carbocycles. The monoisotopic (exact) mass is 213 g/mol. The molecule has 2 heterocycles. The summed E-state index contributed by atoms with van der Waals surface area (Å²) in [6.07, 6.45) is 5.11. The number of fused-ring (bicyclic) bond motifs is 1. The zero-order chi connectivity index (χ0) is 11.0. The molecule has 0 fully saturated rings. The molecule has 0 unspecified atom stereocenters. The van der Waals surface area contributed by atoms with E-state index in [9.17, 15) is 4.39 Å². The number of halogens is 1. The second kappa shape index (κ2) is 3.41. The maximum absolute atomic E-state index is 13.0. The molecule has 3 rings (SSSR count). The highest BCUT2D eigenvalue weighted by atomic mass is 19.1. The van der Waals surface area contributed by atoms with Crippen LogP contribution in [0.4, 0.5) is 4.39 Å². The number of nitrogens with zero attached hydrogens (tertiary/aromatic N) is 3. The molecule has 2 aromatic heterocycles. The fourth-order valence-electron chi connectivity index (χ4n) is 1.70. The molecular formula is C12H8FN3. The summed E-state index contributed by atoms with van der Waals surface area (Å²) in [4.78, 5) is 8.11. The largest absolute Gasteiger partial charge is 0.299 e. The first-order valence-corrected chi connectivity index (χ1v) is 4.87. The molecule has 3 aromatic rings. The van der Waals surface area contributed by atoms with E-state index in [0.717, 1.165) is 11.2 Å². The van der Waals surface area contributed by atoms with Crippen LogP contribution in [0.1, 0.15) is 0 Å². The fraction of sp³-hybridized carbons (Fsp3) is 0. The van der Waals surface area contributed by atoms with Gasteiger partial charge < -0.3 is 0 Å². The summed E-state index contributed by atoms with van der Waals surface area (Å²) in [5, 5.41) is 0. The van der Waals surface area contributed by atoms with Crippen molar-refractivity contribution in [2.75, 3.05) is 0 Å². The number of benzene rings is 1. The lowest BCUT2D eigenvalue weighted by atomic mass is 10.3. The van der Waals surface area contributed by atoms with Crippen molar-refractivity contribution in [1.29, 1.82) is 0 Å². The van der Waals surface area contributed by atoms with Crippen molar-refractivity contribution >= 4 is 11.0 Å². The van der Waals surface area contributed by atoms with Gasteiger partial charge in [-0.3, -0.25) is 9.55 Å². The van der Waals surface area contributed by atoms with Gasteiger partial charge in [-0.1, -0.05) is 0 Å². The molecule has 3 nitrogen and oxygen atoms in total. The van der Waals surface area contributed by atoms with Crippen molar-refractivity contribution in [1.82, 2.24) is 14.5 Å². The number of hydrogen-bond acceptors (Lipinski definition) is 2. The van der Waals surface area contributed by atoms with Crippen LogP contribution >= 0.6 is 0 Å². The van der Waals surface area contributed by atoms with Crippen molar-refractivity contribution in [2.24, 2.45) is 0 Å². The van der Waals surface area contributed by atoms with Gasteiger partial charge in [-0.15, -0.1) is 0 Å². The average molecular weight is 213 g/mol. The van der Waals surface area contributed by atoms with Gasteiger partial charge in [0, 0.05) is 18.5 Å². The molecule has 1 aromatic carbocycles. The maximum Gasteiger partial charge on any atom is 0.125 e. The van der Waals surface area contributed by atoms with Gasteiger partial charge in [-0.25, -0.2) is 9.37 Å². The zero-order valence-electron chi connectivity index (χ0n) is 8.34. The fourth-order valence-corrected chi connectivity index (χ4v) is 1.70. The quantitative estimate of drug-likeness (QED) is 0.622. The van der Waals surface area contributed by atoms with Crippen LogP contribution in [0.5, 0.6) is 0 Å². The SMILES string of the molecule is Fc1ccc2c(c1)ncn2-c1ccncc1. The first-order valence-electron chi connectivity index (χ1n) is 4.87. The maximum atomic E-state index is 13.0. The van der Waals surface area contributed by atoms with Gasteiger partial charge in [0.2, 0.25) is 0 Å². The summed E-state index contributed by atoms with van der Waals surface area (Å²) in [6.45, 7) is 0. The van der Waals surface area contributed by atoms with E-state index >= 15 is 0 Å². The number of imidazole rings is 1. The second-order valence-electron chi connectivity index (χ2n) is 3.45. The Morgan fingerprint density at radius 3 is 2.69 bits per heavy atom. The summed E-state index contributed by atoms with van der Waals surface area (Å²) >= 11 is 0. The van der Waals surface area contributed by atoms with E-state index in [4.69, 9.17) is 0 Å². The Hall–Kier alpha value is -2.23. The third-order valence-electron chi connectivity index (χ3n) is 2.45. The van der Waals surface area contributed by atoms with Crippen LogP contribution in [-0.4, -0.2) is 14.5 Å². The van der Waals surface area contributed by atoms with E-state index in [2.05, 4.69) is 9.97 Å². The van der Waals surface area contributed by atoms with Crippen molar-refractivity contribution in [3.8, 4) is 5.69 Å². The van der Waals surface area contributed by atoms with E-state index < -0.39 is 0 Å². The Kier molecular flexibility index (Phi) is 1.93. The van der Waals surface area contributed by atoms with Gasteiger partial charge in [0.15, 0.2) is 0 Å². The van der Waals surface area contributed by atoms with Crippen molar-refractivity contribution in [3.63, 3.8) is 0 Å². The molecule has 0 spiro atoms. The molecule has 16 heavy (non-hydrogen) atoms. The van der Waals surface area contributed by atoms with Crippen LogP contribution in [0.3, 0.4) is 0 Å². The molecule has 78 valence electrons. The van der Waals surface area contributed by atoms with Crippen LogP contribution in [0.2, 0.25) is 0 Å². The van der Waals surface area contributed by atoms with E-state index in [-0.39, 0.29) is 5.82 Å². The van der Waals surface area contributed by atoms with Crippen molar-refractivity contribution in [2.45, 2.75) is 0 Å². The summed E-state index contributed by atoms with van der Waals surface area (Å²) in [7, 11) is 0. The van der Waals surface area contributed by atoms with Crippen LogP contribution < -0.4 is 0 Å². The van der Waals surface area contributed by atoms with Gasteiger partial charge in [0.1, 0.15) is 12.1 Å². The molecular weight excluding hydrogens is 205 g/mol. The number of aromatic nitrogens is 3. The molecule has 0 atom stereocenters. The second-order valence-corrected chi connectivity index (χ2v) is 3.45. The van der Waals surface area contributed by atoms with Crippen LogP contribution in [0.15, 0.2) is 49.1 Å². The Bertz CT molecular complexity index is 631. The summed E-state index contributed by atoms with van der Waals surface area (Å²) in [5.41, 5.74) is 2.49. The number of pyridine rings is 1. The molecule has 0 aliphatic rings. The Morgan fingerprint density at radius 2 is 1.88 bits per heavy atom. The summed E-state index contributed by atoms with van der Waals surface area (Å²) < 4.78 is 14.9. The van der Waals surface area contributed by atoms with Crippen LogP contribution in [0, 0.1) is 5.82 Å². The van der Waals surface area contributed by atoms with E-state index in [1.54, 1.807) is 24.8 Å². The lowest BCUT2D eigenvalue weighted by molar-refractivity contribution is 0.629. The molecule has 0 radical (unpaired) electrons. The first kappa shape index (κ1) is 9.03. The third kappa shape index (κ3) is 1.35. The molecule has 0 saturated carbocycles. The van der Waals surface area contributed by atoms with Crippen LogP contribution in [-0.2, 0) is 0 Å². The molecule has 4 heteroatoms. The Labute approximate surface area is 91.2 Å². The average Bonchev–Trinajstić information content (AvgIpc) is 2.73. The smallest absolute Gasteiger partial charge is 0.125 e. The van der Waals surface area contributed by atoms with Crippen molar-refractivity contribution < 1.29 is 4.39 Å². The van der Waals surface area contributed by atoms with Gasteiger partial charge in [0.25, 0.3) is 0 Å². The summed E-state index contributed by atoms with van der Waals surface area (Å²) in [5.74, 6) is -0.271. The van der Waals surface area contributed by atoms with Crippen LogP contribution in [0.25, 0.3) is 16.7 Å². The van der Waals surface area contributed by atoms with Gasteiger partial charge in [0.05, 0.1) is 16.7 Å². The Balaban J connectivity index is 2.26. The van der Waals surface area contributed by atoms with Gasteiger partial charge in [-0.05, 0) is 24.3 Å². The molecule has 0 amide bonds. The van der Waals surface area contributed by atoms with Crippen molar-refractivity contribution in [3.05, 3.63) is 54.9 Å². The topological polar surface area (TPSA) is 30.7 Å². The molecule has 0 bridgehead atoms. The molecule has 0 aliphatic heterocycles. The molecule has 0 saturated heterocycles. The van der Waals surface area contributed by atoms with E-state index in [0.29, 0.717) is 5.52 Å². The zero-order valence-corrected chi connectivity index (χ0v) is 8.34. The lowest BCUT2D eigenvalue weighted by Gasteiger charge is -2.02. The van der Waals surface area contributed by atoms with E-state index in [1.807, 2.05) is 16.7 Å². The van der Waals surface area contributed by atoms with Gasteiger partial charge in [-0.2, -0.15) is 0 Å². The number of hydrogen-bond donors (Lipinski definition) is 0. The first-order chi connectivity index (χ1) is 7.84. The minimum absolute atomic E-state index is 0.271. The highest BCUT2D eigenvalue weighted by Crippen LogP contribution is 2.18. The predicted molar refractivity (Wildman–Crippen MR) is 58.8 cm³/mol. The third-order valence-corrected chi connectivity index (χ3v) is 2.45. The summed E-state index contributed by atoms with van der Waals surface area (Å²) in [6, 6.07) is 8.34. The number of rotatable bonds is 1. The minimum Gasteiger partial charge on any atom is -0.299 e. The standard InChI is InChI=1S/C12H8FN3/c13-9-1-2-12-11(7-9)15-8-16(12)10-3-5-14-6-4-10/h1-8H. The Morgan fingerprint density at radius 1 is 1.06 bits per heavy atom. The minimum atomic E-state index is -0.271.